The average Bonchev–Trinajstić information content (AvgIpc) is 2.63. The molecular formula is C26H48O4Si2. The van der Waals surface area contributed by atoms with Gasteiger partial charge in [0.15, 0.2) is 17.4 Å². The van der Waals surface area contributed by atoms with Gasteiger partial charge >= 0.3 is 0 Å². The van der Waals surface area contributed by atoms with Gasteiger partial charge in [-0.25, -0.2) is 0 Å². The Morgan fingerprint density at radius 3 is 2.12 bits per heavy atom. The first-order chi connectivity index (χ1) is 14.6. The van der Waals surface area contributed by atoms with E-state index in [-0.39, 0.29) is 34.7 Å². The predicted octanol–water partition coefficient (Wildman–Crippen LogP) is 6.15. The van der Waals surface area contributed by atoms with Gasteiger partial charge in [-0.05, 0) is 48.6 Å². The maximum Gasteiger partial charge on any atom is 0.192 e. The average molecular weight is 481 g/mol. The third kappa shape index (κ3) is 7.50. The maximum atomic E-state index is 11.4. The third-order valence-electron chi connectivity index (χ3n) is 7.08. The molecule has 6 heteroatoms. The van der Waals surface area contributed by atoms with Crippen LogP contribution in [0.5, 0.6) is 0 Å². The fourth-order valence-electron chi connectivity index (χ4n) is 4.36. The standard InChI is InChI=1S/C26H48O4Si2/c1-25(2,3)24(29-31(7)8)23-21(27)16-20(28-18-19-14-12-11-13-15-19)17-22(23)30-32(9,10)26(4,5)6/h11-15,20-24,27,31H,16-18H2,1-10H3/t20-,21+,22-,23+,24?/m0/s1. The van der Waals surface area contributed by atoms with Gasteiger partial charge in [0.1, 0.15) is 0 Å². The lowest BCUT2D eigenvalue weighted by molar-refractivity contribution is -0.139. The van der Waals surface area contributed by atoms with Gasteiger partial charge < -0.3 is 18.7 Å². The van der Waals surface area contributed by atoms with Crippen molar-refractivity contribution in [2.45, 2.75) is 117 Å². The topological polar surface area (TPSA) is 47.9 Å². The van der Waals surface area contributed by atoms with Crippen molar-refractivity contribution in [3.63, 3.8) is 0 Å². The minimum atomic E-state index is -2.04. The lowest BCUT2D eigenvalue weighted by Crippen LogP contribution is -2.58. The molecule has 32 heavy (non-hydrogen) atoms. The van der Waals surface area contributed by atoms with Crippen LogP contribution < -0.4 is 0 Å². The van der Waals surface area contributed by atoms with Crippen LogP contribution in [0.4, 0.5) is 0 Å². The van der Waals surface area contributed by atoms with E-state index in [2.05, 4.69) is 79.9 Å². The molecule has 1 N–H and O–H groups in total. The Hall–Kier alpha value is -0.506. The van der Waals surface area contributed by atoms with Gasteiger partial charge in [0, 0.05) is 12.3 Å². The monoisotopic (exact) mass is 480 g/mol. The Morgan fingerprint density at radius 1 is 1.03 bits per heavy atom. The Labute approximate surface area is 199 Å². The van der Waals surface area contributed by atoms with E-state index in [0.717, 1.165) is 12.0 Å². The van der Waals surface area contributed by atoms with Crippen molar-refractivity contribution in [1.82, 2.24) is 0 Å². The smallest absolute Gasteiger partial charge is 0.192 e. The highest BCUT2D eigenvalue weighted by Gasteiger charge is 2.50. The van der Waals surface area contributed by atoms with E-state index in [1.165, 1.54) is 0 Å². The van der Waals surface area contributed by atoms with E-state index in [0.29, 0.717) is 13.0 Å². The molecule has 0 saturated heterocycles. The second kappa shape index (κ2) is 10.8. The van der Waals surface area contributed by atoms with Gasteiger partial charge in [-0.3, -0.25) is 0 Å². The van der Waals surface area contributed by atoms with Gasteiger partial charge in [-0.1, -0.05) is 71.9 Å². The molecule has 1 saturated carbocycles. The van der Waals surface area contributed by atoms with Crippen molar-refractivity contribution >= 4 is 17.4 Å². The van der Waals surface area contributed by atoms with Crippen molar-refractivity contribution in [2.75, 3.05) is 0 Å². The first kappa shape index (κ1) is 27.7. The first-order valence-electron chi connectivity index (χ1n) is 12.3. The number of rotatable bonds is 8. The molecule has 0 amide bonds. The molecule has 2 rings (SSSR count). The number of benzene rings is 1. The molecule has 0 heterocycles. The number of aliphatic hydroxyl groups is 1. The van der Waals surface area contributed by atoms with Gasteiger partial charge in [-0.15, -0.1) is 0 Å². The van der Waals surface area contributed by atoms with E-state index >= 15 is 0 Å². The summed E-state index contributed by atoms with van der Waals surface area (Å²) in [4.78, 5) is 0. The summed E-state index contributed by atoms with van der Waals surface area (Å²) in [5.74, 6) is -0.0457. The summed E-state index contributed by atoms with van der Waals surface area (Å²) in [6, 6.07) is 10.3. The Balaban J connectivity index is 2.30. The Morgan fingerprint density at radius 2 is 1.62 bits per heavy atom. The van der Waals surface area contributed by atoms with E-state index in [1.807, 2.05) is 18.2 Å². The molecule has 1 aliphatic carbocycles. The van der Waals surface area contributed by atoms with Gasteiger partial charge in [0.25, 0.3) is 0 Å². The predicted molar refractivity (Wildman–Crippen MR) is 139 cm³/mol. The molecule has 184 valence electrons. The van der Waals surface area contributed by atoms with Crippen LogP contribution >= 0.6 is 0 Å². The second-order valence-electron chi connectivity index (χ2n) is 12.4. The molecule has 0 spiro atoms. The number of aliphatic hydroxyl groups excluding tert-OH is 1. The van der Waals surface area contributed by atoms with Crippen LogP contribution in [-0.2, 0) is 20.2 Å². The molecule has 1 aromatic rings. The largest absolute Gasteiger partial charge is 0.417 e. The number of hydrogen-bond donors (Lipinski definition) is 1. The SMILES string of the molecule is C[SiH](C)OC([C@@H]1[C@H](O)C[C@H](OCc2ccccc2)C[C@@H]1O[Si](C)(C)C(C)(C)C)C(C)(C)C. The molecule has 1 unspecified atom stereocenters. The molecule has 1 fully saturated rings. The van der Waals surface area contributed by atoms with Crippen LogP contribution in [0, 0.1) is 11.3 Å². The Bertz CT molecular complexity index is 694. The maximum absolute atomic E-state index is 11.4. The summed E-state index contributed by atoms with van der Waals surface area (Å²) in [7, 11) is -3.33. The molecule has 5 atom stereocenters. The van der Waals surface area contributed by atoms with Crippen molar-refractivity contribution in [3.8, 4) is 0 Å². The molecule has 1 aromatic carbocycles. The highest BCUT2D eigenvalue weighted by molar-refractivity contribution is 6.74. The van der Waals surface area contributed by atoms with E-state index in [1.54, 1.807) is 0 Å². The first-order valence-corrected chi connectivity index (χ1v) is 18.0. The zero-order valence-corrected chi connectivity index (χ0v) is 24.3. The lowest BCUT2D eigenvalue weighted by atomic mass is 9.71. The fraction of sp³-hybridized carbons (Fsp3) is 0.769. The van der Waals surface area contributed by atoms with Gasteiger partial charge in [-0.2, -0.15) is 0 Å². The summed E-state index contributed by atoms with van der Waals surface area (Å²) in [5, 5.41) is 11.5. The zero-order valence-electron chi connectivity index (χ0n) is 22.1. The molecule has 4 nitrogen and oxygen atoms in total. The highest BCUT2D eigenvalue weighted by Crippen LogP contribution is 2.44. The van der Waals surface area contributed by atoms with Crippen LogP contribution in [0.1, 0.15) is 59.9 Å². The third-order valence-corrected chi connectivity index (χ3v) is 12.4. The number of hydrogen-bond acceptors (Lipinski definition) is 4. The van der Waals surface area contributed by atoms with Crippen LogP contribution in [0.15, 0.2) is 30.3 Å². The van der Waals surface area contributed by atoms with E-state index in [9.17, 15) is 5.11 Å². The molecule has 0 bridgehead atoms. The highest BCUT2D eigenvalue weighted by atomic mass is 28.4. The minimum absolute atomic E-state index is 0.0202. The van der Waals surface area contributed by atoms with Crippen LogP contribution in [-0.4, -0.2) is 46.9 Å². The second-order valence-corrected chi connectivity index (χ2v) is 19.5. The van der Waals surface area contributed by atoms with Crippen molar-refractivity contribution < 1.29 is 18.7 Å². The lowest BCUT2D eigenvalue weighted by Gasteiger charge is -2.50. The quantitative estimate of drug-likeness (QED) is 0.453. The van der Waals surface area contributed by atoms with E-state index < -0.39 is 23.5 Å². The molecule has 0 aromatic heterocycles. The van der Waals surface area contributed by atoms with Crippen molar-refractivity contribution in [3.05, 3.63) is 35.9 Å². The summed E-state index contributed by atoms with van der Waals surface area (Å²) >= 11 is 0. The van der Waals surface area contributed by atoms with Gasteiger partial charge in [0.2, 0.25) is 0 Å². The van der Waals surface area contributed by atoms with Crippen LogP contribution in [0.25, 0.3) is 0 Å². The summed E-state index contributed by atoms with van der Waals surface area (Å²) in [6.45, 7) is 23.1. The van der Waals surface area contributed by atoms with Crippen molar-refractivity contribution in [1.29, 1.82) is 0 Å². The normalized spacial score (nSPS) is 26.4. The Kier molecular flexibility index (Phi) is 9.39. The fourth-order valence-corrected chi connectivity index (χ4v) is 6.90. The number of ether oxygens (including phenoxy) is 1. The summed E-state index contributed by atoms with van der Waals surface area (Å²) in [5.41, 5.74) is 1.09. The molecule has 0 aliphatic heterocycles. The van der Waals surface area contributed by atoms with Crippen LogP contribution in [0.3, 0.4) is 0 Å². The minimum Gasteiger partial charge on any atom is -0.417 e. The summed E-state index contributed by atoms with van der Waals surface area (Å²) in [6.07, 6.45) is 0.803. The molecule has 1 aliphatic rings. The van der Waals surface area contributed by atoms with Gasteiger partial charge in [0.05, 0.1) is 31.0 Å². The molecular weight excluding hydrogens is 432 g/mol. The zero-order chi connectivity index (χ0) is 24.3. The molecule has 0 radical (unpaired) electrons. The van der Waals surface area contributed by atoms with E-state index in [4.69, 9.17) is 13.6 Å². The van der Waals surface area contributed by atoms with Crippen LogP contribution in [0.2, 0.25) is 31.2 Å². The summed E-state index contributed by atoms with van der Waals surface area (Å²) < 4.78 is 19.9. The van der Waals surface area contributed by atoms with Crippen molar-refractivity contribution in [2.24, 2.45) is 11.3 Å².